The zero-order chi connectivity index (χ0) is 12.4. The average molecular weight is 234 g/mol. The van der Waals surface area contributed by atoms with Crippen molar-refractivity contribution in [2.24, 2.45) is 0 Å². The standard InChI is InChI=1S/C14H13BN3/c1-17-9-10-18(15-17)14-8-7-13(11-16-14)12-5-3-2-4-6-12/h2-11H,1H3. The fourth-order valence-corrected chi connectivity index (χ4v) is 1.93. The number of hydrogen-bond donors (Lipinski definition) is 0. The number of hydrogen-bond acceptors (Lipinski definition) is 3. The molecule has 0 atom stereocenters. The molecule has 2 heterocycles. The highest BCUT2D eigenvalue weighted by Gasteiger charge is 2.14. The van der Waals surface area contributed by atoms with E-state index >= 15 is 0 Å². The van der Waals surface area contributed by atoms with Crippen LogP contribution < -0.4 is 4.81 Å². The minimum Gasteiger partial charge on any atom is -0.406 e. The highest BCUT2D eigenvalue weighted by atomic mass is 15.2. The molecule has 0 aliphatic carbocycles. The monoisotopic (exact) mass is 234 g/mol. The summed E-state index contributed by atoms with van der Waals surface area (Å²) in [4.78, 5) is 8.48. The molecular weight excluding hydrogens is 221 g/mol. The second kappa shape index (κ2) is 4.57. The van der Waals surface area contributed by atoms with E-state index < -0.39 is 0 Å². The van der Waals surface area contributed by atoms with Crippen LogP contribution in [-0.2, 0) is 0 Å². The van der Waals surface area contributed by atoms with Gasteiger partial charge in [-0.3, -0.25) is 0 Å². The normalized spacial score (nSPS) is 13.8. The summed E-state index contributed by atoms with van der Waals surface area (Å²) in [5.41, 5.74) is 2.32. The van der Waals surface area contributed by atoms with Crippen molar-refractivity contribution in [3.8, 4) is 11.1 Å². The second-order valence-corrected chi connectivity index (χ2v) is 4.26. The molecule has 18 heavy (non-hydrogen) atoms. The van der Waals surface area contributed by atoms with Gasteiger partial charge in [0, 0.05) is 24.2 Å². The summed E-state index contributed by atoms with van der Waals surface area (Å²) < 4.78 is 0. The summed E-state index contributed by atoms with van der Waals surface area (Å²) in [7, 11) is 3.99. The van der Waals surface area contributed by atoms with E-state index in [1.165, 1.54) is 5.56 Å². The molecule has 4 heteroatoms. The molecule has 3 rings (SSSR count). The molecule has 1 aromatic carbocycles. The van der Waals surface area contributed by atoms with Crippen molar-refractivity contribution in [1.82, 2.24) is 9.79 Å². The van der Waals surface area contributed by atoms with Crippen molar-refractivity contribution >= 4 is 13.4 Å². The fraction of sp³-hybridized carbons (Fsp3) is 0.0714. The number of pyridine rings is 1. The highest BCUT2D eigenvalue weighted by Crippen LogP contribution is 2.21. The predicted octanol–water partition coefficient (Wildman–Crippen LogP) is 2.51. The van der Waals surface area contributed by atoms with Crippen LogP contribution in [-0.4, -0.2) is 24.4 Å². The Hall–Kier alpha value is -2.23. The first-order valence-corrected chi connectivity index (χ1v) is 5.88. The van der Waals surface area contributed by atoms with Gasteiger partial charge in [-0.2, -0.15) is 0 Å². The molecule has 3 nitrogen and oxygen atoms in total. The molecule has 87 valence electrons. The quantitative estimate of drug-likeness (QED) is 0.744. The summed E-state index contributed by atoms with van der Waals surface area (Å²) >= 11 is 0. The Kier molecular flexibility index (Phi) is 2.77. The van der Waals surface area contributed by atoms with Crippen molar-refractivity contribution in [2.45, 2.75) is 0 Å². The third kappa shape index (κ3) is 2.09. The van der Waals surface area contributed by atoms with Gasteiger partial charge in [-0.05, 0) is 24.7 Å². The molecule has 1 aliphatic rings. The Morgan fingerprint density at radius 3 is 2.39 bits per heavy atom. The van der Waals surface area contributed by atoms with Gasteiger partial charge in [0.2, 0.25) is 0 Å². The van der Waals surface area contributed by atoms with Crippen LogP contribution in [0.1, 0.15) is 0 Å². The van der Waals surface area contributed by atoms with Crippen LogP contribution in [0.15, 0.2) is 61.1 Å². The molecule has 2 aromatic rings. The highest BCUT2D eigenvalue weighted by molar-refractivity contribution is 6.40. The first kappa shape index (κ1) is 10.9. The summed E-state index contributed by atoms with van der Waals surface area (Å²) in [5.74, 6) is 0.926. The maximum Gasteiger partial charge on any atom is 0.396 e. The molecule has 1 aromatic heterocycles. The molecule has 0 N–H and O–H groups in total. The minimum absolute atomic E-state index is 0.926. The maximum absolute atomic E-state index is 4.49. The Balaban J connectivity index is 1.84. The minimum atomic E-state index is 0.926. The molecular formula is C14H13BN3. The number of rotatable bonds is 2. The largest absolute Gasteiger partial charge is 0.406 e. The van der Waals surface area contributed by atoms with Crippen molar-refractivity contribution < 1.29 is 0 Å². The Bertz CT molecular complexity index is 551. The molecule has 0 spiro atoms. The third-order valence-electron chi connectivity index (χ3n) is 2.89. The van der Waals surface area contributed by atoms with Crippen LogP contribution >= 0.6 is 0 Å². The molecule has 0 saturated heterocycles. The van der Waals surface area contributed by atoms with Crippen LogP contribution in [0.4, 0.5) is 5.82 Å². The number of anilines is 1. The van der Waals surface area contributed by atoms with Gasteiger partial charge in [0.15, 0.2) is 0 Å². The van der Waals surface area contributed by atoms with Crippen molar-refractivity contribution in [3.63, 3.8) is 0 Å². The van der Waals surface area contributed by atoms with E-state index in [4.69, 9.17) is 0 Å². The van der Waals surface area contributed by atoms with E-state index in [-0.39, 0.29) is 0 Å². The van der Waals surface area contributed by atoms with Gasteiger partial charge in [-0.15, -0.1) is 0 Å². The van der Waals surface area contributed by atoms with Gasteiger partial charge in [0.25, 0.3) is 0 Å². The lowest BCUT2D eigenvalue weighted by Gasteiger charge is -2.15. The molecule has 0 unspecified atom stereocenters. The van der Waals surface area contributed by atoms with E-state index in [1.807, 2.05) is 67.1 Å². The molecule has 0 saturated carbocycles. The smallest absolute Gasteiger partial charge is 0.396 e. The first-order valence-electron chi connectivity index (χ1n) is 5.88. The molecule has 1 radical (unpaired) electrons. The Labute approximate surface area is 108 Å². The summed E-state index contributed by atoms with van der Waals surface area (Å²) in [5, 5.41) is 0. The Morgan fingerprint density at radius 1 is 0.944 bits per heavy atom. The zero-order valence-electron chi connectivity index (χ0n) is 10.2. The van der Waals surface area contributed by atoms with E-state index in [1.54, 1.807) is 0 Å². The summed E-state index contributed by atoms with van der Waals surface area (Å²) in [6.07, 6.45) is 5.89. The van der Waals surface area contributed by atoms with Crippen LogP contribution in [0.3, 0.4) is 0 Å². The van der Waals surface area contributed by atoms with Gasteiger partial charge in [-0.25, -0.2) is 4.98 Å². The topological polar surface area (TPSA) is 19.4 Å². The fourth-order valence-electron chi connectivity index (χ4n) is 1.93. The van der Waals surface area contributed by atoms with E-state index in [9.17, 15) is 0 Å². The SMILES string of the molecule is CN1[B]N(c2ccc(-c3ccccc3)cn2)C=C1. The van der Waals surface area contributed by atoms with Crippen LogP contribution in [0, 0.1) is 0 Å². The van der Waals surface area contributed by atoms with Crippen LogP contribution in [0.25, 0.3) is 11.1 Å². The Morgan fingerprint density at radius 2 is 1.78 bits per heavy atom. The van der Waals surface area contributed by atoms with Gasteiger partial charge in [0.05, 0.1) is 0 Å². The number of benzene rings is 1. The second-order valence-electron chi connectivity index (χ2n) is 4.26. The van der Waals surface area contributed by atoms with E-state index in [2.05, 4.69) is 23.2 Å². The maximum atomic E-state index is 4.49. The lowest BCUT2D eigenvalue weighted by atomic mass is 10.1. The number of aromatic nitrogens is 1. The van der Waals surface area contributed by atoms with Crippen LogP contribution in [0.5, 0.6) is 0 Å². The molecule has 0 fully saturated rings. The molecule has 0 bridgehead atoms. The van der Waals surface area contributed by atoms with Gasteiger partial charge in [0.1, 0.15) is 5.82 Å². The summed E-state index contributed by atoms with van der Waals surface area (Å²) in [6, 6.07) is 14.4. The third-order valence-corrected chi connectivity index (χ3v) is 2.89. The number of nitrogens with zero attached hydrogens (tertiary/aromatic N) is 3. The molecule has 0 amide bonds. The van der Waals surface area contributed by atoms with Gasteiger partial charge >= 0.3 is 7.55 Å². The van der Waals surface area contributed by atoms with Crippen LogP contribution in [0.2, 0.25) is 0 Å². The first-order chi connectivity index (χ1) is 8.83. The molecule has 1 aliphatic heterocycles. The lowest BCUT2D eigenvalue weighted by Crippen LogP contribution is -2.26. The van der Waals surface area contributed by atoms with Gasteiger partial charge < -0.3 is 9.62 Å². The predicted molar refractivity (Wildman–Crippen MR) is 74.8 cm³/mol. The average Bonchev–Trinajstić information content (AvgIpc) is 2.87. The summed E-state index contributed by atoms with van der Waals surface area (Å²) in [6.45, 7) is 0. The van der Waals surface area contributed by atoms with E-state index in [0.717, 1.165) is 11.4 Å². The van der Waals surface area contributed by atoms with Crippen molar-refractivity contribution in [2.75, 3.05) is 11.9 Å². The van der Waals surface area contributed by atoms with E-state index in [0.29, 0.717) is 0 Å². The lowest BCUT2D eigenvalue weighted by molar-refractivity contribution is 0.746. The van der Waals surface area contributed by atoms with Crippen molar-refractivity contribution in [1.29, 1.82) is 0 Å². The zero-order valence-corrected chi connectivity index (χ0v) is 10.2. The van der Waals surface area contributed by atoms with Gasteiger partial charge in [-0.1, -0.05) is 30.3 Å². The van der Waals surface area contributed by atoms with Crippen molar-refractivity contribution in [3.05, 3.63) is 61.1 Å².